The van der Waals surface area contributed by atoms with Crippen molar-refractivity contribution in [3.05, 3.63) is 72.8 Å². The Morgan fingerprint density at radius 3 is 1.09 bits per heavy atom. The first-order valence-corrected chi connectivity index (χ1v) is 9.28. The van der Waals surface area contributed by atoms with Gasteiger partial charge in [0.1, 0.15) is 23.0 Å². The second-order valence-corrected chi connectivity index (χ2v) is 6.77. The van der Waals surface area contributed by atoms with Crippen molar-refractivity contribution < 1.29 is 45.1 Å². The summed E-state index contributed by atoms with van der Waals surface area (Å²) in [5.74, 6) is 0.0994. The summed E-state index contributed by atoms with van der Waals surface area (Å²) in [4.78, 5) is 0. The molecule has 0 aliphatic carbocycles. The maximum absolute atomic E-state index is 12.3. The number of alkyl halides is 6. The van der Waals surface area contributed by atoms with Gasteiger partial charge in [-0.1, -0.05) is 24.3 Å². The highest BCUT2D eigenvalue weighted by Gasteiger charge is 2.31. The zero-order valence-electron chi connectivity index (χ0n) is 16.4. The van der Waals surface area contributed by atoms with Crippen LogP contribution in [0.25, 0.3) is 21.5 Å². The number of benzene rings is 4. The molecule has 4 aromatic carbocycles. The minimum Gasteiger partial charge on any atom is -0.526 e. The van der Waals surface area contributed by atoms with Crippen LogP contribution in [0.3, 0.4) is 0 Å². The van der Waals surface area contributed by atoms with Crippen LogP contribution in [0.5, 0.6) is 23.0 Å². The van der Waals surface area contributed by atoms with Gasteiger partial charge in [0.2, 0.25) is 0 Å². The van der Waals surface area contributed by atoms with E-state index >= 15 is 0 Å². The molecule has 0 fully saturated rings. The average Bonchev–Trinajstić information content (AvgIpc) is 2.71. The Hall–Kier alpha value is -3.76. The molecule has 0 aromatic heterocycles. The van der Waals surface area contributed by atoms with Crippen LogP contribution in [0.4, 0.5) is 26.3 Å². The standard InChI is InChI=1S/C22H12BF6O4/c24-21(25,26)30-17-5-1-15-11-19(7-3-13(15)9-17)32-23-33-20-8-4-14-10-18(31-22(27,28)29)6-2-16(14)12-20/h1-12H. The lowest BCUT2D eigenvalue weighted by molar-refractivity contribution is -0.275. The number of ether oxygens (including phenoxy) is 2. The molecule has 0 saturated heterocycles. The summed E-state index contributed by atoms with van der Waals surface area (Å²) < 4.78 is 92.7. The Bertz CT molecular complexity index is 1190. The maximum atomic E-state index is 12.3. The van der Waals surface area contributed by atoms with Gasteiger partial charge in [-0.3, -0.25) is 0 Å². The van der Waals surface area contributed by atoms with Crippen molar-refractivity contribution in [3.8, 4) is 23.0 Å². The van der Waals surface area contributed by atoms with E-state index < -0.39 is 12.7 Å². The van der Waals surface area contributed by atoms with E-state index in [0.717, 1.165) is 7.69 Å². The van der Waals surface area contributed by atoms with Crippen molar-refractivity contribution in [2.75, 3.05) is 0 Å². The van der Waals surface area contributed by atoms with Gasteiger partial charge >= 0.3 is 20.4 Å². The molecular weight excluding hydrogens is 453 g/mol. The third-order valence-electron chi connectivity index (χ3n) is 4.40. The third-order valence-corrected chi connectivity index (χ3v) is 4.40. The highest BCUT2D eigenvalue weighted by atomic mass is 19.4. The smallest absolute Gasteiger partial charge is 0.526 e. The molecule has 169 valence electrons. The lowest BCUT2D eigenvalue weighted by atomic mass is 10.1. The van der Waals surface area contributed by atoms with E-state index in [1.165, 1.54) is 36.4 Å². The highest BCUT2D eigenvalue weighted by Crippen LogP contribution is 2.30. The second-order valence-electron chi connectivity index (χ2n) is 6.77. The van der Waals surface area contributed by atoms with E-state index in [-0.39, 0.29) is 11.5 Å². The summed E-state index contributed by atoms with van der Waals surface area (Å²) in [5, 5.41) is 2.29. The molecule has 4 rings (SSSR count). The van der Waals surface area contributed by atoms with Gasteiger partial charge in [0.15, 0.2) is 0 Å². The SMILES string of the molecule is FC(F)(F)Oc1ccc2cc(O[B]Oc3ccc4cc(OC(F)(F)F)ccc4c3)ccc2c1. The van der Waals surface area contributed by atoms with Gasteiger partial charge in [-0.2, -0.15) is 0 Å². The van der Waals surface area contributed by atoms with Crippen molar-refractivity contribution in [1.29, 1.82) is 0 Å². The lowest BCUT2D eigenvalue weighted by Gasteiger charge is -2.11. The molecule has 0 atom stereocenters. The molecule has 0 heterocycles. The first-order chi connectivity index (χ1) is 15.5. The summed E-state index contributed by atoms with van der Waals surface area (Å²) in [6.45, 7) is 0. The number of halogens is 6. The van der Waals surface area contributed by atoms with Crippen LogP contribution in [-0.2, 0) is 0 Å². The second kappa shape index (κ2) is 8.65. The predicted octanol–water partition coefficient (Wildman–Crippen LogP) is 6.78. The highest BCUT2D eigenvalue weighted by molar-refractivity contribution is 6.21. The summed E-state index contributed by atoms with van der Waals surface area (Å²) in [6, 6.07) is 17.3. The van der Waals surface area contributed by atoms with Crippen molar-refractivity contribution in [2.45, 2.75) is 12.7 Å². The molecule has 0 aliphatic rings. The molecule has 0 unspecified atom stereocenters. The van der Waals surface area contributed by atoms with Gasteiger partial charge in [0.25, 0.3) is 0 Å². The van der Waals surface area contributed by atoms with Crippen LogP contribution < -0.4 is 18.8 Å². The van der Waals surface area contributed by atoms with Crippen molar-refractivity contribution in [3.63, 3.8) is 0 Å². The Morgan fingerprint density at radius 2 is 0.758 bits per heavy atom. The average molecular weight is 465 g/mol. The summed E-state index contributed by atoms with van der Waals surface area (Å²) in [7, 11) is 1.06. The van der Waals surface area contributed by atoms with Gasteiger partial charge in [0.05, 0.1) is 0 Å². The zero-order chi connectivity index (χ0) is 23.6. The van der Waals surface area contributed by atoms with Crippen LogP contribution in [-0.4, -0.2) is 20.4 Å². The fourth-order valence-corrected chi connectivity index (χ4v) is 3.08. The van der Waals surface area contributed by atoms with Crippen LogP contribution in [0.2, 0.25) is 0 Å². The first-order valence-electron chi connectivity index (χ1n) is 9.28. The van der Waals surface area contributed by atoms with Crippen LogP contribution in [0.1, 0.15) is 0 Å². The van der Waals surface area contributed by atoms with E-state index in [9.17, 15) is 26.3 Å². The molecule has 4 nitrogen and oxygen atoms in total. The fraction of sp³-hybridized carbons (Fsp3) is 0.0909. The molecule has 0 bridgehead atoms. The fourth-order valence-electron chi connectivity index (χ4n) is 3.08. The molecule has 0 saturated carbocycles. The van der Waals surface area contributed by atoms with Gasteiger partial charge < -0.3 is 18.8 Å². The topological polar surface area (TPSA) is 36.9 Å². The summed E-state index contributed by atoms with van der Waals surface area (Å²) in [5.41, 5.74) is 0. The number of hydrogen-bond donors (Lipinski definition) is 0. The Kier molecular flexibility index (Phi) is 5.88. The number of fused-ring (bicyclic) bond motifs is 2. The predicted molar refractivity (Wildman–Crippen MR) is 108 cm³/mol. The maximum Gasteiger partial charge on any atom is 0.658 e. The zero-order valence-corrected chi connectivity index (χ0v) is 16.4. The lowest BCUT2D eigenvalue weighted by Crippen LogP contribution is -2.17. The molecular formula is C22H12BF6O4. The Balaban J connectivity index is 1.39. The molecule has 4 aromatic rings. The molecule has 0 aliphatic heterocycles. The van der Waals surface area contributed by atoms with E-state index in [1.54, 1.807) is 36.4 Å². The van der Waals surface area contributed by atoms with E-state index in [0.29, 0.717) is 33.0 Å². The van der Waals surface area contributed by atoms with Gasteiger partial charge in [-0.25, -0.2) is 0 Å². The summed E-state index contributed by atoms with van der Waals surface area (Å²) in [6.07, 6.45) is -9.55. The Morgan fingerprint density at radius 1 is 0.455 bits per heavy atom. The molecule has 0 amide bonds. The number of rotatable bonds is 6. The molecule has 1 radical (unpaired) electrons. The molecule has 0 spiro atoms. The molecule has 0 N–H and O–H groups in total. The monoisotopic (exact) mass is 465 g/mol. The van der Waals surface area contributed by atoms with Crippen molar-refractivity contribution in [1.82, 2.24) is 0 Å². The third kappa shape index (κ3) is 6.15. The van der Waals surface area contributed by atoms with Crippen LogP contribution in [0, 0.1) is 0 Å². The van der Waals surface area contributed by atoms with Crippen LogP contribution >= 0.6 is 0 Å². The van der Waals surface area contributed by atoms with E-state index in [4.69, 9.17) is 9.31 Å². The first kappa shape index (κ1) is 22.4. The summed E-state index contributed by atoms with van der Waals surface area (Å²) >= 11 is 0. The van der Waals surface area contributed by atoms with Crippen LogP contribution in [0.15, 0.2) is 72.8 Å². The minimum absolute atomic E-state index is 0.327. The largest absolute Gasteiger partial charge is 0.658 e. The Labute approximate surface area is 183 Å². The van der Waals surface area contributed by atoms with E-state index in [1.807, 2.05) is 0 Å². The molecule has 11 heteroatoms. The van der Waals surface area contributed by atoms with Gasteiger partial charge in [-0.05, 0) is 70.1 Å². The van der Waals surface area contributed by atoms with Gasteiger partial charge in [0, 0.05) is 0 Å². The van der Waals surface area contributed by atoms with E-state index in [2.05, 4.69) is 9.47 Å². The van der Waals surface area contributed by atoms with Gasteiger partial charge in [-0.15, -0.1) is 26.3 Å². The quantitative estimate of drug-likeness (QED) is 0.232. The van der Waals surface area contributed by atoms with Crippen molar-refractivity contribution >= 4 is 29.2 Å². The number of hydrogen-bond acceptors (Lipinski definition) is 4. The molecule has 33 heavy (non-hydrogen) atoms. The van der Waals surface area contributed by atoms with Crippen molar-refractivity contribution in [2.24, 2.45) is 0 Å². The minimum atomic E-state index is -4.77. The normalized spacial score (nSPS) is 11.9.